The lowest BCUT2D eigenvalue weighted by molar-refractivity contribution is -0.141. The molecule has 0 bridgehead atoms. The average Bonchev–Trinajstić information content (AvgIpc) is 2.79. The minimum atomic E-state index is -1.01. The second kappa shape index (κ2) is 6.92. The summed E-state index contributed by atoms with van der Waals surface area (Å²) >= 11 is 0. The second-order valence-electron chi connectivity index (χ2n) is 6.54. The molecule has 1 heterocycles. The van der Waals surface area contributed by atoms with Crippen molar-refractivity contribution in [1.82, 2.24) is 15.5 Å². The maximum absolute atomic E-state index is 11.8. The van der Waals surface area contributed by atoms with Gasteiger partial charge in [0.1, 0.15) is 6.04 Å². The number of nitrogens with one attached hydrogen (secondary N) is 2. The molecule has 0 saturated carbocycles. The molecule has 0 radical (unpaired) electrons. The van der Waals surface area contributed by atoms with Gasteiger partial charge in [-0.25, -0.2) is 9.59 Å². The molecule has 0 spiro atoms. The molecule has 6 nitrogen and oxygen atoms in total. The summed E-state index contributed by atoms with van der Waals surface area (Å²) < 4.78 is 0. The quantitative estimate of drug-likeness (QED) is 0.707. The van der Waals surface area contributed by atoms with Crippen molar-refractivity contribution in [3.8, 4) is 0 Å². The Morgan fingerprint density at radius 3 is 2.50 bits per heavy atom. The van der Waals surface area contributed by atoms with Crippen LogP contribution in [0.15, 0.2) is 0 Å². The molecule has 0 aromatic heterocycles. The maximum Gasteiger partial charge on any atom is 0.326 e. The third-order valence-electron chi connectivity index (χ3n) is 3.76. The third kappa shape index (κ3) is 5.00. The number of carboxylic acid groups (broad SMARTS) is 1. The first-order valence-electron chi connectivity index (χ1n) is 7.23. The minimum Gasteiger partial charge on any atom is -0.480 e. The molecule has 2 amide bonds. The number of aliphatic carboxylic acids is 1. The Bertz CT molecular complexity index is 352. The van der Waals surface area contributed by atoms with Crippen LogP contribution < -0.4 is 10.6 Å². The van der Waals surface area contributed by atoms with E-state index in [-0.39, 0.29) is 0 Å². The van der Waals surface area contributed by atoms with E-state index < -0.39 is 23.5 Å². The van der Waals surface area contributed by atoms with E-state index in [0.29, 0.717) is 12.5 Å². The van der Waals surface area contributed by atoms with Gasteiger partial charge < -0.3 is 20.6 Å². The summed E-state index contributed by atoms with van der Waals surface area (Å²) in [4.78, 5) is 25.3. The highest BCUT2D eigenvalue weighted by atomic mass is 16.4. The standard InChI is InChI=1S/C14H27N3O3/c1-5-17-7-6-10(9-17)8-15-13(20)16-11(12(18)19)14(2,3)4/h10-11H,5-9H2,1-4H3,(H,18,19)(H2,15,16,20). The number of nitrogens with zero attached hydrogens (tertiary/aromatic N) is 1. The van der Waals surface area contributed by atoms with Gasteiger partial charge in [-0.2, -0.15) is 0 Å². The lowest BCUT2D eigenvalue weighted by Gasteiger charge is -2.28. The van der Waals surface area contributed by atoms with E-state index >= 15 is 0 Å². The van der Waals surface area contributed by atoms with Crippen LogP contribution in [0.4, 0.5) is 4.79 Å². The van der Waals surface area contributed by atoms with E-state index in [1.807, 2.05) is 0 Å². The zero-order chi connectivity index (χ0) is 15.3. The fourth-order valence-electron chi connectivity index (χ4n) is 2.43. The molecule has 0 aromatic rings. The molecular formula is C14H27N3O3. The highest BCUT2D eigenvalue weighted by Gasteiger charge is 2.32. The van der Waals surface area contributed by atoms with Crippen LogP contribution >= 0.6 is 0 Å². The Hall–Kier alpha value is -1.30. The maximum atomic E-state index is 11.8. The first-order chi connectivity index (χ1) is 9.24. The van der Waals surface area contributed by atoms with Gasteiger partial charge in [-0.1, -0.05) is 27.7 Å². The number of likely N-dealkylation sites (tertiary alicyclic amines) is 1. The van der Waals surface area contributed by atoms with Crippen LogP contribution in [0.25, 0.3) is 0 Å². The topological polar surface area (TPSA) is 81.7 Å². The van der Waals surface area contributed by atoms with Gasteiger partial charge in [0, 0.05) is 13.1 Å². The van der Waals surface area contributed by atoms with Gasteiger partial charge in [-0.05, 0) is 30.8 Å². The monoisotopic (exact) mass is 285 g/mol. The zero-order valence-electron chi connectivity index (χ0n) is 12.9. The normalized spacial score (nSPS) is 21.5. The van der Waals surface area contributed by atoms with Crippen LogP contribution in [-0.4, -0.2) is 54.2 Å². The summed E-state index contributed by atoms with van der Waals surface area (Å²) in [7, 11) is 0. The Balaban J connectivity index is 2.38. The molecule has 1 saturated heterocycles. The molecule has 6 heteroatoms. The minimum absolute atomic E-state index is 0.401. The number of rotatable bonds is 5. The van der Waals surface area contributed by atoms with Gasteiger partial charge in [-0.15, -0.1) is 0 Å². The molecule has 1 fully saturated rings. The average molecular weight is 285 g/mol. The second-order valence-corrected chi connectivity index (χ2v) is 6.54. The van der Waals surface area contributed by atoms with Crippen molar-refractivity contribution in [3.05, 3.63) is 0 Å². The largest absolute Gasteiger partial charge is 0.480 e. The van der Waals surface area contributed by atoms with Crippen LogP contribution in [0.2, 0.25) is 0 Å². The van der Waals surface area contributed by atoms with Crippen LogP contribution in [0, 0.1) is 11.3 Å². The lowest BCUT2D eigenvalue weighted by atomic mass is 9.87. The predicted molar refractivity (Wildman–Crippen MR) is 77.6 cm³/mol. The first kappa shape index (κ1) is 16.8. The Morgan fingerprint density at radius 1 is 1.40 bits per heavy atom. The number of hydrogen-bond donors (Lipinski definition) is 3. The molecule has 1 aliphatic heterocycles. The molecule has 0 aliphatic carbocycles. The summed E-state index contributed by atoms with van der Waals surface area (Å²) in [5.74, 6) is -0.552. The smallest absolute Gasteiger partial charge is 0.326 e. The molecule has 0 aromatic carbocycles. The van der Waals surface area contributed by atoms with Gasteiger partial charge in [0.2, 0.25) is 0 Å². The number of hydrogen-bond acceptors (Lipinski definition) is 3. The van der Waals surface area contributed by atoms with Crippen molar-refractivity contribution in [2.24, 2.45) is 11.3 Å². The van der Waals surface area contributed by atoms with Crippen molar-refractivity contribution in [1.29, 1.82) is 0 Å². The third-order valence-corrected chi connectivity index (χ3v) is 3.76. The molecule has 1 aliphatic rings. The van der Waals surface area contributed by atoms with Crippen molar-refractivity contribution < 1.29 is 14.7 Å². The van der Waals surface area contributed by atoms with Crippen LogP contribution in [0.3, 0.4) is 0 Å². The van der Waals surface area contributed by atoms with Gasteiger partial charge >= 0.3 is 12.0 Å². The number of carboxylic acids is 1. The predicted octanol–water partition coefficient (Wildman–Crippen LogP) is 1.13. The number of carbonyl (C=O) groups is 2. The highest BCUT2D eigenvalue weighted by molar-refractivity contribution is 5.83. The summed E-state index contributed by atoms with van der Waals surface area (Å²) in [5, 5.41) is 14.5. The van der Waals surface area contributed by atoms with Gasteiger partial charge in [0.25, 0.3) is 0 Å². The Kier molecular flexibility index (Phi) is 5.80. The van der Waals surface area contributed by atoms with E-state index in [2.05, 4.69) is 22.5 Å². The van der Waals surface area contributed by atoms with Crippen LogP contribution in [0.1, 0.15) is 34.1 Å². The highest BCUT2D eigenvalue weighted by Crippen LogP contribution is 2.19. The molecule has 116 valence electrons. The van der Waals surface area contributed by atoms with Crippen LogP contribution in [-0.2, 0) is 4.79 Å². The van der Waals surface area contributed by atoms with Crippen molar-refractivity contribution in [3.63, 3.8) is 0 Å². The van der Waals surface area contributed by atoms with Gasteiger partial charge in [0.15, 0.2) is 0 Å². The first-order valence-corrected chi connectivity index (χ1v) is 7.23. The fraction of sp³-hybridized carbons (Fsp3) is 0.857. The Labute approximate surface area is 120 Å². The van der Waals surface area contributed by atoms with E-state index in [4.69, 9.17) is 5.11 Å². The van der Waals surface area contributed by atoms with Gasteiger partial charge in [-0.3, -0.25) is 0 Å². The summed E-state index contributed by atoms with van der Waals surface area (Å²) in [6, 6.07) is -1.29. The summed E-state index contributed by atoms with van der Waals surface area (Å²) in [5.41, 5.74) is -0.518. The van der Waals surface area contributed by atoms with Crippen molar-refractivity contribution in [2.75, 3.05) is 26.2 Å². The molecule has 1 rings (SSSR count). The molecule has 2 atom stereocenters. The zero-order valence-corrected chi connectivity index (χ0v) is 12.9. The van der Waals surface area contributed by atoms with E-state index in [1.54, 1.807) is 20.8 Å². The van der Waals surface area contributed by atoms with E-state index in [1.165, 1.54) is 0 Å². The number of urea groups is 1. The number of amides is 2. The summed E-state index contributed by atoms with van der Waals surface area (Å²) in [6.45, 7) is 11.2. The Morgan fingerprint density at radius 2 is 2.05 bits per heavy atom. The summed E-state index contributed by atoms with van der Waals surface area (Å²) in [6.07, 6.45) is 1.08. The molecule has 3 N–H and O–H groups in total. The molecule has 2 unspecified atom stereocenters. The van der Waals surface area contributed by atoms with Crippen molar-refractivity contribution in [2.45, 2.75) is 40.2 Å². The molecular weight excluding hydrogens is 258 g/mol. The van der Waals surface area contributed by atoms with Crippen molar-refractivity contribution >= 4 is 12.0 Å². The fourth-order valence-corrected chi connectivity index (χ4v) is 2.43. The number of carbonyl (C=O) groups excluding carboxylic acids is 1. The van der Waals surface area contributed by atoms with Gasteiger partial charge in [0.05, 0.1) is 0 Å². The molecule has 20 heavy (non-hydrogen) atoms. The van der Waals surface area contributed by atoms with E-state index in [9.17, 15) is 9.59 Å². The lowest BCUT2D eigenvalue weighted by Crippen LogP contribution is -2.52. The van der Waals surface area contributed by atoms with Crippen LogP contribution in [0.5, 0.6) is 0 Å². The van der Waals surface area contributed by atoms with E-state index in [0.717, 1.165) is 26.1 Å². The SMILES string of the molecule is CCN1CCC(CNC(=O)NC(C(=O)O)C(C)(C)C)C1.